The van der Waals surface area contributed by atoms with Crippen LogP contribution >= 0.6 is 0 Å². The number of rotatable bonds is 10. The zero-order valence-electron chi connectivity index (χ0n) is 15.5. The predicted octanol–water partition coefficient (Wildman–Crippen LogP) is 1.74. The van der Waals surface area contributed by atoms with Gasteiger partial charge in [-0.2, -0.15) is 0 Å². The molecule has 25 heavy (non-hydrogen) atoms. The summed E-state index contributed by atoms with van der Waals surface area (Å²) in [4.78, 5) is 12.5. The Morgan fingerprint density at radius 2 is 1.72 bits per heavy atom. The number of nitrogens with one attached hydrogen (secondary N) is 1. The van der Waals surface area contributed by atoms with E-state index in [0.717, 1.165) is 6.42 Å². The van der Waals surface area contributed by atoms with E-state index in [0.29, 0.717) is 29.5 Å². The Bertz CT molecular complexity index is 651. The summed E-state index contributed by atoms with van der Waals surface area (Å²) in [7, 11) is -0.366. The van der Waals surface area contributed by atoms with Gasteiger partial charge in [-0.25, -0.2) is 12.7 Å². The lowest BCUT2D eigenvalue weighted by atomic mass is 10.1. The molecule has 1 aromatic rings. The second kappa shape index (κ2) is 9.62. The van der Waals surface area contributed by atoms with E-state index >= 15 is 0 Å². The Hall–Kier alpha value is -1.80. The Balaban J connectivity index is 2.75. The van der Waals surface area contributed by atoms with Crippen molar-refractivity contribution >= 4 is 15.9 Å². The molecule has 0 spiro atoms. The van der Waals surface area contributed by atoms with Gasteiger partial charge in [-0.05, 0) is 24.5 Å². The van der Waals surface area contributed by atoms with Gasteiger partial charge in [0.05, 0.1) is 20.5 Å². The van der Waals surface area contributed by atoms with Crippen LogP contribution in [0.15, 0.2) is 18.2 Å². The van der Waals surface area contributed by atoms with E-state index in [2.05, 4.69) is 5.32 Å². The topological polar surface area (TPSA) is 84.9 Å². The molecular weight excluding hydrogens is 344 g/mol. The molecule has 142 valence electrons. The zero-order chi connectivity index (χ0) is 19.0. The van der Waals surface area contributed by atoms with E-state index in [1.54, 1.807) is 18.2 Å². The van der Waals surface area contributed by atoms with E-state index in [-0.39, 0.29) is 19.0 Å². The molecule has 1 rings (SSSR count). The number of carbonyl (C=O) groups is 1. The summed E-state index contributed by atoms with van der Waals surface area (Å²) < 4.78 is 35.5. The summed E-state index contributed by atoms with van der Waals surface area (Å²) in [6.45, 7) is 4.93. The lowest BCUT2D eigenvalue weighted by Crippen LogP contribution is -2.39. The van der Waals surface area contributed by atoms with Crippen molar-refractivity contribution in [3.05, 3.63) is 23.8 Å². The molecule has 8 heteroatoms. The van der Waals surface area contributed by atoms with Crippen LogP contribution in [0.4, 0.5) is 0 Å². The average molecular weight is 372 g/mol. The van der Waals surface area contributed by atoms with Crippen LogP contribution in [-0.4, -0.2) is 58.7 Å². The number of ether oxygens (including phenoxy) is 2. The molecule has 0 aliphatic heterocycles. The van der Waals surface area contributed by atoms with Crippen LogP contribution in [0.25, 0.3) is 0 Å². The molecule has 1 amide bonds. The van der Waals surface area contributed by atoms with Gasteiger partial charge in [0.1, 0.15) is 17.1 Å². The van der Waals surface area contributed by atoms with Gasteiger partial charge in [0.25, 0.3) is 5.91 Å². The molecule has 0 aromatic heterocycles. The fourth-order valence-electron chi connectivity index (χ4n) is 2.30. The van der Waals surface area contributed by atoms with Gasteiger partial charge in [0, 0.05) is 19.6 Å². The molecule has 0 aliphatic carbocycles. The fraction of sp³-hybridized carbons (Fsp3) is 0.588. The Morgan fingerprint density at radius 1 is 1.16 bits per heavy atom. The van der Waals surface area contributed by atoms with E-state index in [1.807, 2.05) is 13.8 Å². The van der Waals surface area contributed by atoms with Crippen molar-refractivity contribution in [1.82, 2.24) is 9.62 Å². The third-order valence-corrected chi connectivity index (χ3v) is 5.03. The molecule has 1 aromatic carbocycles. The number of hydrogen-bond donors (Lipinski definition) is 1. The largest absolute Gasteiger partial charge is 0.496 e. The number of amides is 1. The highest BCUT2D eigenvalue weighted by atomic mass is 32.2. The molecule has 0 fully saturated rings. The number of hydrogen-bond acceptors (Lipinski definition) is 5. The number of carbonyl (C=O) groups excluding carboxylic acids is 1. The molecular formula is C17H28N2O5S. The maximum Gasteiger partial charge on any atom is 0.258 e. The number of nitrogens with zero attached hydrogens (tertiary/aromatic N) is 1. The lowest BCUT2D eigenvalue weighted by molar-refractivity contribution is 0.0945. The molecule has 0 unspecified atom stereocenters. The van der Waals surface area contributed by atoms with Crippen LogP contribution in [0.3, 0.4) is 0 Å². The third kappa shape index (κ3) is 6.55. The van der Waals surface area contributed by atoms with Gasteiger partial charge < -0.3 is 14.8 Å². The standard InChI is InChI=1S/C17H28N2O5S/c1-13(2)9-11-19(25(5,21)22)12-10-18-17(20)16-14(23-3)7-6-8-15(16)24-4/h6-8,13H,9-12H2,1-5H3,(H,18,20). The fourth-order valence-corrected chi connectivity index (χ4v) is 3.16. The maximum absolute atomic E-state index is 12.5. The van der Waals surface area contributed by atoms with Crippen molar-refractivity contribution in [2.24, 2.45) is 5.92 Å². The lowest BCUT2D eigenvalue weighted by Gasteiger charge is -2.21. The van der Waals surface area contributed by atoms with Gasteiger partial charge in [-0.1, -0.05) is 19.9 Å². The first-order valence-electron chi connectivity index (χ1n) is 8.15. The smallest absolute Gasteiger partial charge is 0.258 e. The van der Waals surface area contributed by atoms with E-state index in [1.165, 1.54) is 24.8 Å². The molecule has 0 atom stereocenters. The van der Waals surface area contributed by atoms with Gasteiger partial charge in [0.15, 0.2) is 0 Å². The third-order valence-electron chi connectivity index (χ3n) is 3.73. The normalized spacial score (nSPS) is 11.6. The Morgan fingerprint density at radius 3 is 2.16 bits per heavy atom. The quantitative estimate of drug-likeness (QED) is 0.676. The van der Waals surface area contributed by atoms with Gasteiger partial charge in [-0.3, -0.25) is 4.79 Å². The first-order chi connectivity index (χ1) is 11.7. The maximum atomic E-state index is 12.5. The summed E-state index contributed by atoms with van der Waals surface area (Å²) in [5.74, 6) is 0.830. The first kappa shape index (κ1) is 21.2. The molecule has 0 aliphatic rings. The summed E-state index contributed by atoms with van der Waals surface area (Å²) in [6.07, 6.45) is 1.94. The number of benzene rings is 1. The molecule has 1 N–H and O–H groups in total. The van der Waals surface area contributed by atoms with Crippen molar-refractivity contribution < 1.29 is 22.7 Å². The van der Waals surface area contributed by atoms with Gasteiger partial charge in [0.2, 0.25) is 10.0 Å². The minimum atomic E-state index is -3.32. The van der Waals surface area contributed by atoms with Crippen molar-refractivity contribution in [3.8, 4) is 11.5 Å². The van der Waals surface area contributed by atoms with Crippen LogP contribution in [0.2, 0.25) is 0 Å². The van der Waals surface area contributed by atoms with Crippen LogP contribution < -0.4 is 14.8 Å². The summed E-state index contributed by atoms with van der Waals surface area (Å²) in [5.41, 5.74) is 0.292. The highest BCUT2D eigenvalue weighted by molar-refractivity contribution is 7.88. The summed E-state index contributed by atoms with van der Waals surface area (Å²) >= 11 is 0. The highest BCUT2D eigenvalue weighted by Gasteiger charge is 2.20. The number of sulfonamides is 1. The summed E-state index contributed by atoms with van der Waals surface area (Å²) in [5, 5.41) is 2.73. The van der Waals surface area contributed by atoms with E-state index in [4.69, 9.17) is 9.47 Å². The molecule has 0 radical (unpaired) electrons. The second-order valence-electron chi connectivity index (χ2n) is 6.14. The van der Waals surface area contributed by atoms with Crippen LogP contribution in [0.5, 0.6) is 11.5 Å². The van der Waals surface area contributed by atoms with Crippen molar-refractivity contribution in [2.45, 2.75) is 20.3 Å². The van der Waals surface area contributed by atoms with E-state index in [9.17, 15) is 13.2 Å². The van der Waals surface area contributed by atoms with Crippen LogP contribution in [0.1, 0.15) is 30.6 Å². The molecule has 7 nitrogen and oxygen atoms in total. The van der Waals surface area contributed by atoms with Crippen molar-refractivity contribution in [1.29, 1.82) is 0 Å². The highest BCUT2D eigenvalue weighted by Crippen LogP contribution is 2.27. The minimum absolute atomic E-state index is 0.200. The first-order valence-corrected chi connectivity index (χ1v) is 9.99. The summed E-state index contributed by atoms with van der Waals surface area (Å²) in [6, 6.07) is 5.07. The van der Waals surface area contributed by atoms with Crippen molar-refractivity contribution in [2.75, 3.05) is 40.1 Å². The molecule has 0 saturated heterocycles. The average Bonchev–Trinajstić information content (AvgIpc) is 2.55. The second-order valence-corrected chi connectivity index (χ2v) is 8.12. The van der Waals surface area contributed by atoms with Crippen LogP contribution in [-0.2, 0) is 10.0 Å². The van der Waals surface area contributed by atoms with Gasteiger partial charge >= 0.3 is 0 Å². The molecule has 0 saturated carbocycles. The zero-order valence-corrected chi connectivity index (χ0v) is 16.4. The van der Waals surface area contributed by atoms with E-state index < -0.39 is 10.0 Å². The van der Waals surface area contributed by atoms with Crippen LogP contribution in [0, 0.1) is 5.92 Å². The van der Waals surface area contributed by atoms with Crippen molar-refractivity contribution in [3.63, 3.8) is 0 Å². The Kier molecular flexibility index (Phi) is 8.18. The number of methoxy groups -OCH3 is 2. The predicted molar refractivity (Wildman–Crippen MR) is 97.8 cm³/mol. The minimum Gasteiger partial charge on any atom is -0.496 e. The SMILES string of the molecule is COc1cccc(OC)c1C(=O)NCCN(CCC(C)C)S(C)(=O)=O. The monoisotopic (exact) mass is 372 g/mol. The molecule has 0 bridgehead atoms. The van der Waals surface area contributed by atoms with Gasteiger partial charge in [-0.15, -0.1) is 0 Å². The molecule has 0 heterocycles. The Labute approximate surface area is 150 Å².